The lowest BCUT2D eigenvalue weighted by molar-refractivity contribution is 0.0522. The molecule has 1 atom stereocenters. The van der Waals surface area contributed by atoms with E-state index in [0.29, 0.717) is 19.6 Å². The third kappa shape index (κ3) is 3.98. The summed E-state index contributed by atoms with van der Waals surface area (Å²) in [4.78, 5) is 17.1. The number of carbonyl (C=O) groups excluding carboxylic acids is 1. The summed E-state index contributed by atoms with van der Waals surface area (Å²) in [6.07, 6.45) is 0.491. The lowest BCUT2D eigenvalue weighted by atomic mass is 10.1. The fraction of sp³-hybridized carbons (Fsp3) is 0.778. The number of amides is 1. The van der Waals surface area contributed by atoms with Crippen LogP contribution in [-0.2, 0) is 5.54 Å². The Balaban J connectivity index is 2.08. The number of nitrogens with zero attached hydrogens (tertiary/aromatic N) is 4. The summed E-state index contributed by atoms with van der Waals surface area (Å²) in [6.45, 7) is 15.9. The molecule has 0 spiro atoms. The van der Waals surface area contributed by atoms with Crippen molar-refractivity contribution in [3.8, 4) is 0 Å². The Kier molecular flexibility index (Phi) is 5.71. The maximum absolute atomic E-state index is 13.0. The van der Waals surface area contributed by atoms with Crippen LogP contribution in [0.5, 0.6) is 0 Å². The Morgan fingerprint density at radius 3 is 2.25 bits per heavy atom. The molecule has 1 N–H and O–H groups in total. The molecular formula is C18H32N4O2. The van der Waals surface area contributed by atoms with E-state index in [-0.39, 0.29) is 17.6 Å². The van der Waals surface area contributed by atoms with Gasteiger partial charge in [0.05, 0.1) is 22.9 Å². The first-order valence-corrected chi connectivity index (χ1v) is 8.91. The van der Waals surface area contributed by atoms with E-state index in [0.717, 1.165) is 36.5 Å². The molecular weight excluding hydrogens is 304 g/mol. The lowest BCUT2D eigenvalue weighted by Crippen LogP contribution is -2.50. The number of hydrogen-bond acceptors (Lipinski definition) is 4. The van der Waals surface area contributed by atoms with E-state index in [2.05, 4.69) is 30.8 Å². The molecule has 24 heavy (non-hydrogen) atoms. The number of rotatable bonds is 4. The molecule has 136 valence electrons. The summed E-state index contributed by atoms with van der Waals surface area (Å²) < 4.78 is 1.95. The van der Waals surface area contributed by atoms with Gasteiger partial charge in [-0.15, -0.1) is 0 Å². The molecule has 6 heteroatoms. The number of aromatic nitrogens is 2. The van der Waals surface area contributed by atoms with Crippen molar-refractivity contribution in [3.05, 3.63) is 17.0 Å². The van der Waals surface area contributed by atoms with Gasteiger partial charge in [-0.05, 0) is 41.0 Å². The average Bonchev–Trinajstić information content (AvgIpc) is 2.82. The molecule has 1 aromatic rings. The highest BCUT2D eigenvalue weighted by atomic mass is 16.3. The molecule has 1 amide bonds. The van der Waals surface area contributed by atoms with E-state index in [1.807, 2.05) is 30.4 Å². The molecule has 2 rings (SSSR count). The first kappa shape index (κ1) is 18.9. The van der Waals surface area contributed by atoms with Crippen LogP contribution in [0.1, 0.15) is 55.9 Å². The van der Waals surface area contributed by atoms with Crippen LogP contribution < -0.4 is 0 Å². The Hall–Kier alpha value is -1.40. The van der Waals surface area contributed by atoms with Gasteiger partial charge in [0.1, 0.15) is 0 Å². The lowest BCUT2D eigenvalue weighted by Gasteiger charge is -2.35. The van der Waals surface area contributed by atoms with Gasteiger partial charge in [-0.2, -0.15) is 5.10 Å². The normalized spacial score (nSPS) is 18.0. The van der Waals surface area contributed by atoms with Gasteiger partial charge in [-0.25, -0.2) is 0 Å². The van der Waals surface area contributed by atoms with Crippen molar-refractivity contribution in [2.24, 2.45) is 0 Å². The Bertz CT molecular complexity index is 581. The van der Waals surface area contributed by atoms with Crippen molar-refractivity contribution in [1.29, 1.82) is 0 Å². The van der Waals surface area contributed by atoms with Gasteiger partial charge >= 0.3 is 0 Å². The maximum Gasteiger partial charge on any atom is 0.257 e. The molecule has 1 aromatic heterocycles. The maximum atomic E-state index is 13.0. The van der Waals surface area contributed by atoms with Crippen LogP contribution in [0.4, 0.5) is 0 Å². The van der Waals surface area contributed by atoms with Crippen LogP contribution >= 0.6 is 0 Å². The van der Waals surface area contributed by atoms with Crippen molar-refractivity contribution in [2.45, 2.75) is 59.6 Å². The van der Waals surface area contributed by atoms with Crippen molar-refractivity contribution >= 4 is 5.91 Å². The van der Waals surface area contributed by atoms with Gasteiger partial charge in [-0.3, -0.25) is 14.4 Å². The largest absolute Gasteiger partial charge is 0.392 e. The number of aliphatic hydroxyl groups excluding tert-OH is 1. The summed E-state index contributed by atoms with van der Waals surface area (Å²) in [6, 6.07) is 0. The Morgan fingerprint density at radius 1 is 1.21 bits per heavy atom. The second kappa shape index (κ2) is 7.23. The Labute approximate surface area is 145 Å². The van der Waals surface area contributed by atoms with Crippen LogP contribution in [0.3, 0.4) is 0 Å². The molecule has 0 aromatic carbocycles. The predicted molar refractivity (Wildman–Crippen MR) is 95.3 cm³/mol. The number of aliphatic hydroxyl groups is 1. The molecule has 0 aliphatic carbocycles. The van der Waals surface area contributed by atoms with Gasteiger partial charge in [-0.1, -0.05) is 6.92 Å². The molecule has 1 aliphatic heterocycles. The van der Waals surface area contributed by atoms with Crippen LogP contribution in [0.25, 0.3) is 0 Å². The van der Waals surface area contributed by atoms with Gasteiger partial charge in [0.25, 0.3) is 5.91 Å². The number of β-amino-alcohol motifs (C(OH)–C–C–N with tert-alkyl or cyclic N) is 1. The molecule has 1 saturated heterocycles. The van der Waals surface area contributed by atoms with Gasteiger partial charge in [0.15, 0.2) is 0 Å². The Morgan fingerprint density at radius 2 is 1.79 bits per heavy atom. The molecule has 0 unspecified atom stereocenters. The molecule has 0 saturated carbocycles. The smallest absolute Gasteiger partial charge is 0.257 e. The first-order chi connectivity index (χ1) is 11.1. The van der Waals surface area contributed by atoms with Crippen LogP contribution in [0.2, 0.25) is 0 Å². The minimum Gasteiger partial charge on any atom is -0.392 e. The molecule has 2 heterocycles. The molecule has 0 bridgehead atoms. The minimum atomic E-state index is -0.276. The van der Waals surface area contributed by atoms with Crippen LogP contribution in [0.15, 0.2) is 0 Å². The van der Waals surface area contributed by atoms with E-state index in [4.69, 9.17) is 0 Å². The highest BCUT2D eigenvalue weighted by Crippen LogP contribution is 2.23. The fourth-order valence-corrected chi connectivity index (χ4v) is 3.32. The summed E-state index contributed by atoms with van der Waals surface area (Å²) in [5, 5.41) is 14.4. The van der Waals surface area contributed by atoms with Gasteiger partial charge in [0.2, 0.25) is 0 Å². The standard InChI is InChI=1S/C18H32N4O2/c1-7-15(23)12-20-8-10-21(11-9-20)17(24)16-13(2)19-22(14(16)3)18(4,5)6/h15,23H,7-12H2,1-6H3/t15-/m1/s1. The third-order valence-corrected chi connectivity index (χ3v) is 4.74. The van der Waals surface area contributed by atoms with E-state index >= 15 is 0 Å². The molecule has 0 radical (unpaired) electrons. The highest BCUT2D eigenvalue weighted by molar-refractivity contribution is 5.96. The van der Waals surface area contributed by atoms with Crippen molar-refractivity contribution in [3.63, 3.8) is 0 Å². The van der Waals surface area contributed by atoms with Crippen LogP contribution in [0, 0.1) is 13.8 Å². The van der Waals surface area contributed by atoms with Gasteiger partial charge in [0, 0.05) is 38.4 Å². The van der Waals surface area contributed by atoms with E-state index in [9.17, 15) is 9.90 Å². The van der Waals surface area contributed by atoms with Crippen molar-refractivity contribution in [2.75, 3.05) is 32.7 Å². The highest BCUT2D eigenvalue weighted by Gasteiger charge is 2.29. The fourth-order valence-electron chi connectivity index (χ4n) is 3.32. The van der Waals surface area contributed by atoms with E-state index in [1.54, 1.807) is 0 Å². The third-order valence-electron chi connectivity index (χ3n) is 4.74. The number of carbonyl (C=O) groups is 1. The number of aryl methyl sites for hydroxylation is 1. The second-order valence-corrected chi connectivity index (χ2v) is 7.78. The van der Waals surface area contributed by atoms with E-state index < -0.39 is 0 Å². The quantitative estimate of drug-likeness (QED) is 0.910. The molecule has 6 nitrogen and oxygen atoms in total. The zero-order valence-corrected chi connectivity index (χ0v) is 16.0. The predicted octanol–water partition coefficient (Wildman–Crippen LogP) is 1.78. The summed E-state index contributed by atoms with van der Waals surface area (Å²) in [5.74, 6) is 0.0798. The second-order valence-electron chi connectivity index (χ2n) is 7.78. The number of hydrogen-bond donors (Lipinski definition) is 1. The summed E-state index contributed by atoms with van der Waals surface area (Å²) >= 11 is 0. The summed E-state index contributed by atoms with van der Waals surface area (Å²) in [5.41, 5.74) is 2.35. The minimum absolute atomic E-state index is 0.0798. The monoisotopic (exact) mass is 336 g/mol. The van der Waals surface area contributed by atoms with E-state index in [1.165, 1.54) is 0 Å². The first-order valence-electron chi connectivity index (χ1n) is 8.91. The van der Waals surface area contributed by atoms with Crippen LogP contribution in [-0.4, -0.2) is 69.4 Å². The zero-order valence-electron chi connectivity index (χ0n) is 16.0. The van der Waals surface area contributed by atoms with Gasteiger partial charge < -0.3 is 10.0 Å². The zero-order chi connectivity index (χ0) is 18.1. The van der Waals surface area contributed by atoms with Crippen molar-refractivity contribution < 1.29 is 9.90 Å². The van der Waals surface area contributed by atoms with Crippen molar-refractivity contribution in [1.82, 2.24) is 19.6 Å². The number of piperazine rings is 1. The molecule has 1 aliphatic rings. The average molecular weight is 336 g/mol. The SMILES string of the molecule is CC[C@@H](O)CN1CCN(C(=O)c2c(C)nn(C(C)(C)C)c2C)CC1. The topological polar surface area (TPSA) is 61.6 Å². The summed E-state index contributed by atoms with van der Waals surface area (Å²) in [7, 11) is 0. The molecule has 1 fully saturated rings.